The number of oxime groups is 1. The van der Waals surface area contributed by atoms with Crippen LogP contribution in [-0.4, -0.2) is 40.8 Å². The second kappa shape index (κ2) is 7.41. The summed E-state index contributed by atoms with van der Waals surface area (Å²) >= 11 is -2.49. The van der Waals surface area contributed by atoms with Crippen LogP contribution in [0.25, 0.3) is 0 Å². The summed E-state index contributed by atoms with van der Waals surface area (Å²) in [6, 6.07) is 3.88. The molecule has 1 rings (SSSR count). The van der Waals surface area contributed by atoms with Gasteiger partial charge in [0.25, 0.3) is 0 Å². The van der Waals surface area contributed by atoms with E-state index in [1.54, 1.807) is 0 Å². The first-order valence-corrected chi connectivity index (χ1v) is 9.24. The molecule has 6 nitrogen and oxygen atoms in total. The third-order valence-electron chi connectivity index (χ3n) is 2.64. The molecule has 0 radical (unpaired) electrons. The topological polar surface area (TPSA) is 93.0 Å². The van der Waals surface area contributed by atoms with Crippen molar-refractivity contribution in [1.82, 2.24) is 0 Å². The van der Waals surface area contributed by atoms with E-state index in [9.17, 15) is 25.8 Å². The van der Waals surface area contributed by atoms with Gasteiger partial charge >= 0.3 is 6.18 Å². The van der Waals surface area contributed by atoms with E-state index in [1.807, 2.05) is 0 Å². The molecule has 0 aromatic heterocycles. The number of sulfone groups is 1. The molecule has 1 aromatic rings. The number of rotatable bonds is 6. The summed E-state index contributed by atoms with van der Waals surface area (Å²) < 4.78 is 81.4. The molecule has 0 aliphatic heterocycles. The second-order valence-electron chi connectivity index (χ2n) is 4.45. The van der Waals surface area contributed by atoms with Gasteiger partial charge in [0.2, 0.25) is 5.44 Å². The van der Waals surface area contributed by atoms with Crippen LogP contribution in [0.4, 0.5) is 13.2 Å². The first-order chi connectivity index (χ1) is 10.5. The molecule has 11 heteroatoms. The Hall–Kier alpha value is -1.46. The largest absolute Gasteiger partial charge is 0.437 e. The lowest BCUT2D eigenvalue weighted by Crippen LogP contribution is -2.26. The molecule has 0 bridgehead atoms. The summed E-state index contributed by atoms with van der Waals surface area (Å²) in [4.78, 5) is 4.35. The van der Waals surface area contributed by atoms with Crippen LogP contribution in [0.5, 0.6) is 0 Å². The van der Waals surface area contributed by atoms with E-state index in [2.05, 4.69) is 9.99 Å². The highest BCUT2D eigenvalue weighted by Crippen LogP contribution is 2.24. The highest BCUT2D eigenvalue weighted by atomic mass is 32.2. The summed E-state index contributed by atoms with van der Waals surface area (Å²) in [6.45, 7) is 1.45. The van der Waals surface area contributed by atoms with E-state index in [-0.39, 0.29) is 11.3 Å². The highest BCUT2D eigenvalue weighted by Gasteiger charge is 2.38. The van der Waals surface area contributed by atoms with Gasteiger partial charge in [-0.05, 0) is 18.6 Å². The summed E-state index contributed by atoms with van der Waals surface area (Å²) in [5.41, 5.74) is -3.26. The second-order valence-corrected chi connectivity index (χ2v) is 7.55. The lowest BCUT2D eigenvalue weighted by Gasteiger charge is -2.13. The highest BCUT2D eigenvalue weighted by molar-refractivity contribution is 7.90. The van der Waals surface area contributed by atoms with Gasteiger partial charge in [0.05, 0.1) is 4.90 Å². The van der Waals surface area contributed by atoms with Crippen molar-refractivity contribution in [2.75, 3.05) is 6.26 Å². The lowest BCUT2D eigenvalue weighted by molar-refractivity contribution is -0.0620. The van der Waals surface area contributed by atoms with Gasteiger partial charge in [-0.2, -0.15) is 13.2 Å². The van der Waals surface area contributed by atoms with Crippen molar-refractivity contribution in [3.63, 3.8) is 0 Å². The Kier molecular flexibility index (Phi) is 6.31. The van der Waals surface area contributed by atoms with E-state index in [0.717, 1.165) is 30.5 Å². The molecule has 0 amide bonds. The van der Waals surface area contributed by atoms with Gasteiger partial charge in [0.1, 0.15) is 0 Å². The van der Waals surface area contributed by atoms with Crippen molar-refractivity contribution in [3.8, 4) is 0 Å². The van der Waals surface area contributed by atoms with Crippen LogP contribution in [0.2, 0.25) is 0 Å². The van der Waals surface area contributed by atoms with Crippen LogP contribution >= 0.6 is 0 Å². The number of hydrogen-bond acceptors (Lipinski definition) is 5. The van der Waals surface area contributed by atoms with Crippen LogP contribution < -0.4 is 0 Å². The molecule has 0 heterocycles. The van der Waals surface area contributed by atoms with Crippen molar-refractivity contribution in [2.24, 2.45) is 5.16 Å². The SMILES string of the molecule is CCC(ON=C(c1ccc(S(C)(=O)=O)cc1)C(F)(F)F)S(=O)O. The van der Waals surface area contributed by atoms with Crippen LogP contribution in [0, 0.1) is 0 Å². The minimum Gasteiger partial charge on any atom is -0.376 e. The van der Waals surface area contributed by atoms with E-state index in [0.29, 0.717) is 0 Å². The van der Waals surface area contributed by atoms with E-state index in [4.69, 9.17) is 4.55 Å². The minimum absolute atomic E-state index is 0.0231. The van der Waals surface area contributed by atoms with Gasteiger partial charge in [-0.3, -0.25) is 0 Å². The Labute approximate surface area is 133 Å². The smallest absolute Gasteiger partial charge is 0.376 e. The average Bonchev–Trinajstić information content (AvgIpc) is 2.41. The summed E-state index contributed by atoms with van der Waals surface area (Å²) in [5.74, 6) is 0. The van der Waals surface area contributed by atoms with Crippen molar-refractivity contribution in [2.45, 2.75) is 29.9 Å². The molecule has 0 spiro atoms. The van der Waals surface area contributed by atoms with Crippen LogP contribution in [-0.2, 0) is 25.8 Å². The fraction of sp³-hybridized carbons (Fsp3) is 0.417. The molecule has 2 unspecified atom stereocenters. The number of halogens is 3. The summed E-state index contributed by atoms with van der Waals surface area (Å²) in [5, 5.41) is 2.94. The molecule has 0 fully saturated rings. The molecule has 1 aromatic carbocycles. The first kappa shape index (κ1) is 19.6. The van der Waals surface area contributed by atoms with Gasteiger partial charge < -0.3 is 9.39 Å². The molecule has 1 N–H and O–H groups in total. The normalized spacial score (nSPS) is 16.0. The van der Waals surface area contributed by atoms with Gasteiger partial charge in [0.15, 0.2) is 26.6 Å². The van der Waals surface area contributed by atoms with Gasteiger partial charge in [-0.1, -0.05) is 24.2 Å². The Morgan fingerprint density at radius 2 is 1.87 bits per heavy atom. The van der Waals surface area contributed by atoms with Gasteiger partial charge in [0, 0.05) is 11.8 Å². The number of hydrogen-bond donors (Lipinski definition) is 1. The van der Waals surface area contributed by atoms with Gasteiger partial charge in [-0.25, -0.2) is 12.6 Å². The number of benzene rings is 1. The maximum absolute atomic E-state index is 13.0. The third-order valence-corrected chi connectivity index (χ3v) is 4.64. The minimum atomic E-state index is -4.89. The van der Waals surface area contributed by atoms with E-state index < -0.39 is 43.8 Å². The molecule has 0 saturated carbocycles. The van der Waals surface area contributed by atoms with Crippen LogP contribution in [0.15, 0.2) is 34.3 Å². The van der Waals surface area contributed by atoms with Gasteiger partial charge in [-0.15, -0.1) is 0 Å². The molecule has 2 atom stereocenters. The van der Waals surface area contributed by atoms with Crippen molar-refractivity contribution in [1.29, 1.82) is 0 Å². The quantitative estimate of drug-likeness (QED) is 0.469. The maximum Gasteiger partial charge on any atom is 0.437 e. The molecule has 23 heavy (non-hydrogen) atoms. The fourth-order valence-electron chi connectivity index (χ4n) is 1.49. The number of alkyl halides is 3. The zero-order valence-corrected chi connectivity index (χ0v) is 13.7. The molecule has 130 valence electrons. The van der Waals surface area contributed by atoms with Crippen LogP contribution in [0.3, 0.4) is 0 Å². The first-order valence-electron chi connectivity index (χ1n) is 6.18. The zero-order valence-electron chi connectivity index (χ0n) is 12.1. The summed E-state index contributed by atoms with van der Waals surface area (Å²) in [7, 11) is -3.55. The molecule has 0 aliphatic rings. The monoisotopic (exact) mass is 373 g/mol. The predicted octanol–water partition coefficient (Wildman–Crippen LogP) is 2.33. The van der Waals surface area contributed by atoms with Crippen molar-refractivity contribution in [3.05, 3.63) is 29.8 Å². The molecular formula is C12H14F3NO5S2. The predicted molar refractivity (Wildman–Crippen MR) is 78.1 cm³/mol. The lowest BCUT2D eigenvalue weighted by atomic mass is 10.1. The molecule has 0 saturated heterocycles. The molecular weight excluding hydrogens is 359 g/mol. The van der Waals surface area contributed by atoms with Crippen molar-refractivity contribution < 1.29 is 35.2 Å². The Morgan fingerprint density at radius 3 is 2.22 bits per heavy atom. The van der Waals surface area contributed by atoms with Crippen LogP contribution in [0.1, 0.15) is 18.9 Å². The Morgan fingerprint density at radius 1 is 1.35 bits per heavy atom. The Bertz CT molecular complexity index is 698. The fourth-order valence-corrected chi connectivity index (χ4v) is 2.53. The number of nitrogens with zero attached hydrogens (tertiary/aromatic N) is 1. The zero-order chi connectivity index (χ0) is 17.8. The Balaban J connectivity index is 3.20. The van der Waals surface area contributed by atoms with Crippen molar-refractivity contribution >= 4 is 26.6 Å². The third kappa shape index (κ3) is 5.59. The van der Waals surface area contributed by atoms with E-state index in [1.165, 1.54) is 6.92 Å². The standard InChI is InChI=1S/C12H14F3NO5S2/c1-3-10(22(17)18)21-16-11(12(13,14)15)8-4-6-9(7-5-8)23(2,19)20/h4-7,10H,3H2,1-2H3,(H,17,18). The average molecular weight is 373 g/mol. The summed E-state index contributed by atoms with van der Waals surface area (Å²) in [6.07, 6.45) is -3.99. The maximum atomic E-state index is 13.0. The van der Waals surface area contributed by atoms with E-state index >= 15 is 0 Å². The molecule has 0 aliphatic carbocycles.